The monoisotopic (exact) mass is 446 g/mol. The van der Waals surface area contributed by atoms with Gasteiger partial charge in [-0.25, -0.2) is 14.4 Å². The summed E-state index contributed by atoms with van der Waals surface area (Å²) in [6.07, 6.45) is 5.43. The van der Waals surface area contributed by atoms with Gasteiger partial charge >= 0.3 is 0 Å². The van der Waals surface area contributed by atoms with Gasteiger partial charge < -0.3 is 14.5 Å². The van der Waals surface area contributed by atoms with Crippen LogP contribution in [0.3, 0.4) is 0 Å². The number of hydrogen-bond acceptors (Lipinski definition) is 8. The molecule has 1 aliphatic heterocycles. The van der Waals surface area contributed by atoms with Crippen molar-refractivity contribution in [1.29, 1.82) is 0 Å². The molecule has 1 aromatic carbocycles. The Morgan fingerprint density at radius 1 is 1.27 bits per heavy atom. The molecule has 0 unspecified atom stereocenters. The number of rotatable bonds is 5. The first kappa shape index (κ1) is 19.4. The number of aromatic nitrogens is 7. The number of ether oxygens (including phenoxy) is 1. The Bertz CT molecular complexity index is 1490. The number of nitrogens with zero attached hydrogens (tertiary/aromatic N) is 7. The molecule has 0 amide bonds. The van der Waals surface area contributed by atoms with Crippen LogP contribution in [-0.2, 0) is 20.0 Å². The smallest absolute Gasteiger partial charge is 0.267 e. The topological polar surface area (TPSA) is 108 Å². The van der Waals surface area contributed by atoms with E-state index in [1.54, 1.807) is 27.5 Å². The van der Waals surface area contributed by atoms with E-state index >= 15 is 0 Å². The van der Waals surface area contributed by atoms with Crippen LogP contribution in [0.2, 0.25) is 0 Å². The number of hydrogen-bond donors (Lipinski definition) is 1. The van der Waals surface area contributed by atoms with E-state index in [0.717, 1.165) is 28.3 Å². The fourth-order valence-corrected chi connectivity index (χ4v) is 4.21. The van der Waals surface area contributed by atoms with E-state index in [0.29, 0.717) is 41.8 Å². The van der Waals surface area contributed by atoms with Crippen molar-refractivity contribution in [3.63, 3.8) is 0 Å². The number of aryl methyl sites for hydroxylation is 2. The number of imidazole rings is 1. The van der Waals surface area contributed by atoms with Crippen LogP contribution in [0.25, 0.3) is 28.5 Å². The molecule has 1 N–H and O–H groups in total. The summed E-state index contributed by atoms with van der Waals surface area (Å²) in [5, 5.41) is 15.4. The third-order valence-corrected chi connectivity index (χ3v) is 5.71. The van der Waals surface area contributed by atoms with Crippen LogP contribution in [0.15, 0.2) is 41.4 Å². The molecule has 0 atom stereocenters. The van der Waals surface area contributed by atoms with Gasteiger partial charge in [-0.1, -0.05) is 0 Å². The normalized spacial score (nSPS) is 12.8. The van der Waals surface area contributed by atoms with E-state index in [-0.39, 0.29) is 12.4 Å². The number of halogens is 1. The van der Waals surface area contributed by atoms with Gasteiger partial charge in [-0.05, 0) is 25.1 Å². The third-order valence-electron chi connectivity index (χ3n) is 5.71. The maximum Gasteiger partial charge on any atom is 0.267 e. The Labute approximate surface area is 187 Å². The van der Waals surface area contributed by atoms with Crippen molar-refractivity contribution in [2.24, 2.45) is 7.05 Å². The second-order valence-corrected chi connectivity index (χ2v) is 7.81. The number of nitrogens with one attached hydrogen (secondary N) is 1. The minimum absolute atomic E-state index is 0.249. The summed E-state index contributed by atoms with van der Waals surface area (Å²) in [4.78, 5) is 9.34. The molecule has 5 aromatic rings. The van der Waals surface area contributed by atoms with Crippen molar-refractivity contribution in [3.05, 3.63) is 59.6 Å². The average molecular weight is 446 g/mol. The summed E-state index contributed by atoms with van der Waals surface area (Å²) in [6, 6.07) is 5.07. The van der Waals surface area contributed by atoms with Crippen molar-refractivity contribution < 1.29 is 13.5 Å². The zero-order valence-corrected chi connectivity index (χ0v) is 17.9. The lowest BCUT2D eigenvalue weighted by Gasteiger charge is -2.13. The van der Waals surface area contributed by atoms with Crippen molar-refractivity contribution >= 4 is 11.6 Å². The van der Waals surface area contributed by atoms with E-state index in [1.807, 2.05) is 20.0 Å². The van der Waals surface area contributed by atoms with Crippen molar-refractivity contribution in [3.8, 4) is 28.6 Å². The van der Waals surface area contributed by atoms with Gasteiger partial charge in [0.15, 0.2) is 5.65 Å². The number of anilines is 1. The Balaban J connectivity index is 1.45. The van der Waals surface area contributed by atoms with Crippen LogP contribution in [0.5, 0.6) is 5.75 Å². The first-order chi connectivity index (χ1) is 16.1. The molecule has 0 saturated carbocycles. The zero-order valence-electron chi connectivity index (χ0n) is 17.9. The highest BCUT2D eigenvalue weighted by molar-refractivity contribution is 5.78. The minimum atomic E-state index is -0.276. The van der Waals surface area contributed by atoms with Gasteiger partial charge in [-0.3, -0.25) is 9.08 Å². The molecule has 10 nitrogen and oxygen atoms in total. The van der Waals surface area contributed by atoms with E-state index in [1.165, 1.54) is 12.5 Å². The number of fused-ring (bicyclic) bond motifs is 2. The molecule has 0 fully saturated rings. The predicted molar refractivity (Wildman–Crippen MR) is 116 cm³/mol. The molecule has 11 heteroatoms. The van der Waals surface area contributed by atoms with Gasteiger partial charge in [0.2, 0.25) is 12.3 Å². The SMILES string of the molecule is Cc1cc(-c2cnc(NCc3c(F)ccc4c3CCO4)n3cc(-c4nnco4)nc23)n(C)n1. The Morgan fingerprint density at radius 3 is 2.97 bits per heavy atom. The molecule has 33 heavy (non-hydrogen) atoms. The summed E-state index contributed by atoms with van der Waals surface area (Å²) in [5.41, 5.74) is 5.13. The summed E-state index contributed by atoms with van der Waals surface area (Å²) in [5.74, 6) is 1.25. The quantitative estimate of drug-likeness (QED) is 0.439. The maximum absolute atomic E-state index is 14.6. The fourth-order valence-electron chi connectivity index (χ4n) is 4.21. The molecule has 0 bridgehead atoms. The lowest BCUT2D eigenvalue weighted by Crippen LogP contribution is -2.10. The van der Waals surface area contributed by atoms with Crippen molar-refractivity contribution in [2.45, 2.75) is 19.9 Å². The largest absolute Gasteiger partial charge is 0.493 e. The van der Waals surface area contributed by atoms with Gasteiger partial charge in [0.25, 0.3) is 5.89 Å². The first-order valence-electron chi connectivity index (χ1n) is 10.4. The van der Waals surface area contributed by atoms with Crippen LogP contribution in [0, 0.1) is 12.7 Å². The molecule has 0 radical (unpaired) electrons. The molecule has 6 rings (SSSR count). The molecule has 0 saturated heterocycles. The van der Waals surface area contributed by atoms with E-state index in [2.05, 4.69) is 25.6 Å². The van der Waals surface area contributed by atoms with Crippen molar-refractivity contribution in [2.75, 3.05) is 11.9 Å². The van der Waals surface area contributed by atoms with Crippen LogP contribution in [-0.4, -0.2) is 41.0 Å². The van der Waals surface area contributed by atoms with Crippen LogP contribution in [0.4, 0.5) is 10.3 Å². The van der Waals surface area contributed by atoms with Gasteiger partial charge in [-0.15, -0.1) is 10.2 Å². The summed E-state index contributed by atoms with van der Waals surface area (Å²) < 4.78 is 29.1. The molecule has 1 aliphatic rings. The molecule has 5 heterocycles. The van der Waals surface area contributed by atoms with E-state index in [9.17, 15) is 4.39 Å². The van der Waals surface area contributed by atoms with Gasteiger partial charge in [-0.2, -0.15) is 5.10 Å². The van der Waals surface area contributed by atoms with E-state index in [4.69, 9.17) is 14.1 Å². The average Bonchev–Trinajstić information content (AvgIpc) is 3.59. The van der Waals surface area contributed by atoms with Crippen molar-refractivity contribution in [1.82, 2.24) is 34.3 Å². The molecule has 4 aromatic heterocycles. The number of benzene rings is 1. The summed E-state index contributed by atoms with van der Waals surface area (Å²) >= 11 is 0. The lowest BCUT2D eigenvalue weighted by atomic mass is 10.0. The molecule has 166 valence electrons. The molecule has 0 spiro atoms. The lowest BCUT2D eigenvalue weighted by molar-refractivity contribution is 0.356. The standard InChI is InChI=1S/C22H19FN8O2/c1-12-7-18(30(2)29-12)15-9-25-22(31-10-17(27-20(15)31)21-28-26-11-33-21)24-8-14-13-5-6-32-19(13)4-3-16(14)23/h3-4,7,9-11H,5-6,8H2,1-2H3,(H,24,25). The summed E-state index contributed by atoms with van der Waals surface area (Å²) in [6.45, 7) is 2.73. The summed E-state index contributed by atoms with van der Waals surface area (Å²) in [7, 11) is 1.87. The predicted octanol–water partition coefficient (Wildman–Crippen LogP) is 3.17. The van der Waals surface area contributed by atoms with Gasteiger partial charge in [0.05, 0.1) is 23.6 Å². The first-order valence-corrected chi connectivity index (χ1v) is 10.4. The van der Waals surface area contributed by atoms with Gasteiger partial charge in [0, 0.05) is 43.5 Å². The Hall–Kier alpha value is -4.28. The van der Waals surface area contributed by atoms with Gasteiger partial charge in [0.1, 0.15) is 17.3 Å². The highest BCUT2D eigenvalue weighted by Crippen LogP contribution is 2.32. The molecular weight excluding hydrogens is 427 g/mol. The van der Waals surface area contributed by atoms with E-state index < -0.39 is 0 Å². The second-order valence-electron chi connectivity index (χ2n) is 7.81. The van der Waals surface area contributed by atoms with Crippen LogP contribution < -0.4 is 10.1 Å². The third kappa shape index (κ3) is 3.20. The highest BCUT2D eigenvalue weighted by atomic mass is 19.1. The zero-order chi connectivity index (χ0) is 22.5. The Kier molecular flexibility index (Phi) is 4.35. The second kappa shape index (κ2) is 7.40. The Morgan fingerprint density at radius 2 is 2.18 bits per heavy atom. The fraction of sp³-hybridized carbons (Fsp3) is 0.227. The van der Waals surface area contributed by atoms with Crippen LogP contribution in [0.1, 0.15) is 16.8 Å². The molecule has 0 aliphatic carbocycles. The van der Waals surface area contributed by atoms with Crippen LogP contribution >= 0.6 is 0 Å². The molecular formula is C22H19FN8O2. The highest BCUT2D eigenvalue weighted by Gasteiger charge is 2.21. The maximum atomic E-state index is 14.6. The minimum Gasteiger partial charge on any atom is -0.493 e.